The van der Waals surface area contributed by atoms with Crippen molar-refractivity contribution in [2.75, 3.05) is 13.6 Å². The van der Waals surface area contributed by atoms with E-state index in [9.17, 15) is 9.90 Å². The zero-order chi connectivity index (χ0) is 13.8. The van der Waals surface area contributed by atoms with Gasteiger partial charge < -0.3 is 15.3 Å². The first-order valence-corrected chi connectivity index (χ1v) is 6.81. The molecule has 0 saturated carbocycles. The minimum absolute atomic E-state index is 0. The van der Waals surface area contributed by atoms with E-state index in [1.165, 1.54) is 11.1 Å². The average Bonchev–Trinajstić information content (AvgIpc) is 2.43. The van der Waals surface area contributed by atoms with Crippen molar-refractivity contribution >= 4 is 18.3 Å². The predicted molar refractivity (Wildman–Crippen MR) is 82.0 cm³/mol. The lowest BCUT2D eigenvalue weighted by Gasteiger charge is -2.29. The summed E-state index contributed by atoms with van der Waals surface area (Å²) < 4.78 is 0. The minimum Gasteiger partial charge on any atom is -0.393 e. The average molecular weight is 299 g/mol. The molecule has 0 radical (unpaired) electrons. The molecule has 2 atom stereocenters. The fraction of sp³-hybridized carbons (Fsp3) is 0.533. The van der Waals surface area contributed by atoms with E-state index in [0.29, 0.717) is 13.0 Å². The van der Waals surface area contributed by atoms with Crippen molar-refractivity contribution in [3.63, 3.8) is 0 Å². The Morgan fingerprint density at radius 3 is 2.75 bits per heavy atom. The molecule has 2 unspecified atom stereocenters. The third kappa shape index (κ3) is 4.20. The standard InChI is InChI=1S/C15H22N2O2.ClH/c1-11(18)7-8-17(2)15(19)14-9-12-5-3-4-6-13(12)10-16-14;/h3-6,11,14,16,18H,7-10H2,1-2H3;1H. The van der Waals surface area contributed by atoms with Crippen molar-refractivity contribution in [1.29, 1.82) is 0 Å². The maximum Gasteiger partial charge on any atom is 0.239 e. The number of aliphatic hydroxyl groups is 1. The molecular weight excluding hydrogens is 276 g/mol. The van der Waals surface area contributed by atoms with Gasteiger partial charge in [0.05, 0.1) is 12.1 Å². The van der Waals surface area contributed by atoms with Gasteiger partial charge in [-0.3, -0.25) is 4.79 Å². The first kappa shape index (κ1) is 17.0. The molecule has 1 amide bonds. The fourth-order valence-corrected chi connectivity index (χ4v) is 2.39. The van der Waals surface area contributed by atoms with Crippen molar-refractivity contribution in [1.82, 2.24) is 10.2 Å². The zero-order valence-electron chi connectivity index (χ0n) is 12.0. The second kappa shape index (κ2) is 7.62. The predicted octanol–water partition coefficient (Wildman–Crippen LogP) is 1.35. The van der Waals surface area contributed by atoms with Crippen LogP contribution < -0.4 is 5.32 Å². The molecule has 0 bridgehead atoms. The Morgan fingerprint density at radius 1 is 1.45 bits per heavy atom. The SMILES string of the molecule is CC(O)CCN(C)C(=O)C1Cc2ccccc2CN1.Cl. The van der Waals surface area contributed by atoms with E-state index in [0.717, 1.165) is 13.0 Å². The number of nitrogens with one attached hydrogen (secondary N) is 1. The Bertz CT molecular complexity index is 451. The number of carbonyl (C=O) groups excluding carboxylic acids is 1. The number of nitrogens with zero attached hydrogens (tertiary/aromatic N) is 1. The van der Waals surface area contributed by atoms with Crippen LogP contribution in [0.5, 0.6) is 0 Å². The molecule has 2 N–H and O–H groups in total. The molecule has 1 aliphatic heterocycles. The Hall–Kier alpha value is -1.10. The molecule has 0 spiro atoms. The largest absolute Gasteiger partial charge is 0.393 e. The van der Waals surface area contributed by atoms with E-state index in [1.54, 1.807) is 18.9 Å². The molecule has 0 aromatic heterocycles. The lowest BCUT2D eigenvalue weighted by molar-refractivity contribution is -0.132. The molecule has 112 valence electrons. The molecule has 5 heteroatoms. The van der Waals surface area contributed by atoms with E-state index < -0.39 is 0 Å². The van der Waals surface area contributed by atoms with Gasteiger partial charge in [0.2, 0.25) is 5.91 Å². The minimum atomic E-state index is -0.365. The van der Waals surface area contributed by atoms with Crippen LogP contribution in [-0.4, -0.2) is 41.7 Å². The highest BCUT2D eigenvalue weighted by atomic mass is 35.5. The molecule has 4 nitrogen and oxygen atoms in total. The topological polar surface area (TPSA) is 52.6 Å². The van der Waals surface area contributed by atoms with Crippen LogP contribution in [0.15, 0.2) is 24.3 Å². The summed E-state index contributed by atoms with van der Waals surface area (Å²) in [6, 6.07) is 8.08. The van der Waals surface area contributed by atoms with Gasteiger partial charge in [0.1, 0.15) is 0 Å². The van der Waals surface area contributed by atoms with Crippen LogP contribution in [0.4, 0.5) is 0 Å². The maximum atomic E-state index is 12.3. The lowest BCUT2D eigenvalue weighted by atomic mass is 9.95. The van der Waals surface area contributed by atoms with E-state index in [-0.39, 0.29) is 30.5 Å². The van der Waals surface area contributed by atoms with Gasteiger partial charge >= 0.3 is 0 Å². The number of amides is 1. The van der Waals surface area contributed by atoms with Crippen molar-refractivity contribution in [2.45, 2.75) is 38.5 Å². The lowest BCUT2D eigenvalue weighted by Crippen LogP contribution is -2.48. The molecule has 20 heavy (non-hydrogen) atoms. The highest BCUT2D eigenvalue weighted by Gasteiger charge is 2.26. The van der Waals surface area contributed by atoms with Crippen molar-refractivity contribution in [2.24, 2.45) is 0 Å². The quantitative estimate of drug-likeness (QED) is 0.882. The van der Waals surface area contributed by atoms with Crippen molar-refractivity contribution in [3.05, 3.63) is 35.4 Å². The van der Waals surface area contributed by atoms with E-state index in [1.807, 2.05) is 12.1 Å². The van der Waals surface area contributed by atoms with Gasteiger partial charge in [-0.2, -0.15) is 0 Å². The molecule has 1 aromatic carbocycles. The molecule has 1 aliphatic rings. The Kier molecular flexibility index (Phi) is 6.46. The molecule has 0 fully saturated rings. The normalized spacial score (nSPS) is 18.6. The van der Waals surface area contributed by atoms with Gasteiger partial charge in [0.15, 0.2) is 0 Å². The second-order valence-corrected chi connectivity index (χ2v) is 5.30. The summed E-state index contributed by atoms with van der Waals surface area (Å²) in [6.07, 6.45) is 0.995. The second-order valence-electron chi connectivity index (χ2n) is 5.30. The number of rotatable bonds is 4. The highest BCUT2D eigenvalue weighted by molar-refractivity contribution is 5.85. The van der Waals surface area contributed by atoms with Crippen LogP contribution in [0.1, 0.15) is 24.5 Å². The summed E-state index contributed by atoms with van der Waals surface area (Å²) in [7, 11) is 1.80. The first-order chi connectivity index (χ1) is 9.08. The summed E-state index contributed by atoms with van der Waals surface area (Å²) in [5, 5.41) is 12.6. The number of fused-ring (bicyclic) bond motifs is 1. The molecule has 1 heterocycles. The third-order valence-corrected chi connectivity index (χ3v) is 3.64. The monoisotopic (exact) mass is 298 g/mol. The van der Waals surface area contributed by atoms with Gasteiger partial charge in [-0.25, -0.2) is 0 Å². The number of hydrogen-bond acceptors (Lipinski definition) is 3. The first-order valence-electron chi connectivity index (χ1n) is 6.81. The summed E-state index contributed by atoms with van der Waals surface area (Å²) in [6.45, 7) is 3.08. The van der Waals surface area contributed by atoms with Crippen LogP contribution in [0, 0.1) is 0 Å². The zero-order valence-corrected chi connectivity index (χ0v) is 12.8. The van der Waals surface area contributed by atoms with Crippen LogP contribution in [0.3, 0.4) is 0 Å². The van der Waals surface area contributed by atoms with Gasteiger partial charge in [-0.05, 0) is 30.9 Å². The smallest absolute Gasteiger partial charge is 0.239 e. The summed E-state index contributed by atoms with van der Waals surface area (Å²) >= 11 is 0. The van der Waals surface area contributed by atoms with E-state index in [4.69, 9.17) is 0 Å². The van der Waals surface area contributed by atoms with Crippen LogP contribution in [-0.2, 0) is 17.8 Å². The van der Waals surface area contributed by atoms with Crippen LogP contribution in [0.2, 0.25) is 0 Å². The highest BCUT2D eigenvalue weighted by Crippen LogP contribution is 2.17. The van der Waals surface area contributed by atoms with E-state index >= 15 is 0 Å². The Morgan fingerprint density at radius 2 is 2.10 bits per heavy atom. The van der Waals surface area contributed by atoms with Crippen LogP contribution in [0.25, 0.3) is 0 Å². The molecule has 0 saturated heterocycles. The summed E-state index contributed by atoms with van der Waals surface area (Å²) in [4.78, 5) is 14.0. The van der Waals surface area contributed by atoms with Gasteiger partial charge in [-0.1, -0.05) is 24.3 Å². The number of carbonyl (C=O) groups is 1. The molecule has 0 aliphatic carbocycles. The molecule has 1 aromatic rings. The van der Waals surface area contributed by atoms with Crippen molar-refractivity contribution in [3.8, 4) is 0 Å². The molecular formula is C15H23ClN2O2. The van der Waals surface area contributed by atoms with Gasteiger partial charge in [-0.15, -0.1) is 12.4 Å². The van der Waals surface area contributed by atoms with Gasteiger partial charge in [0, 0.05) is 20.1 Å². The number of likely N-dealkylation sites (N-methyl/N-ethyl adjacent to an activating group) is 1. The number of aliphatic hydroxyl groups excluding tert-OH is 1. The number of benzene rings is 1. The summed E-state index contributed by atoms with van der Waals surface area (Å²) in [5.41, 5.74) is 2.53. The fourth-order valence-electron chi connectivity index (χ4n) is 2.39. The maximum absolute atomic E-state index is 12.3. The number of hydrogen-bond donors (Lipinski definition) is 2. The number of halogens is 1. The Balaban J connectivity index is 0.00000200. The van der Waals surface area contributed by atoms with Gasteiger partial charge in [0.25, 0.3) is 0 Å². The van der Waals surface area contributed by atoms with Crippen molar-refractivity contribution < 1.29 is 9.90 Å². The summed E-state index contributed by atoms with van der Waals surface area (Å²) in [5.74, 6) is 0.107. The van der Waals surface area contributed by atoms with Crippen LogP contribution >= 0.6 is 12.4 Å². The van der Waals surface area contributed by atoms with E-state index in [2.05, 4.69) is 17.4 Å². The Labute approximate surface area is 126 Å². The molecule has 2 rings (SSSR count). The third-order valence-electron chi connectivity index (χ3n) is 3.64.